The van der Waals surface area contributed by atoms with E-state index in [9.17, 15) is 20.4 Å². The normalized spacial score (nSPS) is 12.6. The lowest BCUT2D eigenvalue weighted by atomic mass is 9.85. The Hall–Kier alpha value is -8.28. The average molecular weight is 1330 g/mol. The van der Waals surface area contributed by atoms with E-state index in [1.165, 1.54) is 0 Å². The number of hydrogen-bond donors (Lipinski definition) is 4. The molecule has 0 atom stereocenters. The molecule has 0 unspecified atom stereocenters. The Morgan fingerprint density at radius 2 is 0.283 bits per heavy atom. The summed E-state index contributed by atoms with van der Waals surface area (Å²) >= 11 is 13.0. The zero-order valence-electron chi connectivity index (χ0n) is 48.8. The van der Waals surface area contributed by atoms with Crippen molar-refractivity contribution in [3.8, 4) is 0 Å². The number of benzene rings is 10. The van der Waals surface area contributed by atoms with E-state index in [-0.39, 0.29) is 0 Å². The number of aliphatic hydroxyl groups is 4. The Morgan fingerprint density at radius 3 is 0.402 bits per heavy atom. The van der Waals surface area contributed by atoms with Crippen LogP contribution in [0.1, 0.15) is 61.3 Å². The summed E-state index contributed by atoms with van der Waals surface area (Å²) in [5, 5.41) is 60.5. The summed E-state index contributed by atoms with van der Waals surface area (Å²) in [5.41, 5.74) is -2.38. The lowest BCUT2D eigenvalue weighted by Gasteiger charge is -2.30. The summed E-state index contributed by atoms with van der Waals surface area (Å²) in [5.74, 6) is 0. The van der Waals surface area contributed by atoms with E-state index < -0.39 is 22.4 Å². The maximum absolute atomic E-state index is 12.9. The van der Waals surface area contributed by atoms with Gasteiger partial charge in [0.2, 0.25) is 0 Å². The highest BCUT2D eigenvalue weighted by Gasteiger charge is 2.43. The molecule has 18 aromatic rings. The van der Waals surface area contributed by atoms with Gasteiger partial charge in [-0.3, -0.25) is 0 Å². The monoisotopic (exact) mass is 1330 g/mol. The molecule has 18 rings (SSSR count). The fraction of sp³-hybridized carbons (Fsp3) is 0.0500. The molecule has 4 nitrogen and oxygen atoms in total. The van der Waals surface area contributed by atoms with Crippen molar-refractivity contribution in [2.24, 2.45) is 0 Å². The van der Waals surface area contributed by atoms with Crippen LogP contribution in [-0.2, 0) is 22.4 Å². The third kappa shape index (κ3) is 9.58. The summed E-state index contributed by atoms with van der Waals surface area (Å²) in [4.78, 5) is 6.98. The van der Waals surface area contributed by atoms with Crippen molar-refractivity contribution in [3.63, 3.8) is 0 Å². The standard InChI is InChI=1S/2C40H26O2S4/c2*41-39(35-21-25-9-1-5-13-31(25)43-35,36-22-26-10-2-6-14-32(26)44-36)29-17-19-30(20-18-29)40(42,37-23-27-11-3-7-15-33(27)45-37)38-24-28-12-4-8-16-34(28)46-38/h2*1-24,41-42H. The number of rotatable bonds is 12. The molecule has 0 radical (unpaired) electrons. The smallest absolute Gasteiger partial charge is 0.158 e. The van der Waals surface area contributed by atoms with Crippen LogP contribution in [0.4, 0.5) is 0 Å². The topological polar surface area (TPSA) is 80.9 Å². The third-order valence-electron chi connectivity index (χ3n) is 17.7. The van der Waals surface area contributed by atoms with Crippen LogP contribution in [-0.4, -0.2) is 20.4 Å². The second kappa shape index (κ2) is 22.8. The van der Waals surface area contributed by atoms with E-state index in [0.717, 1.165) is 142 Å². The first-order chi connectivity index (χ1) is 45.0. The van der Waals surface area contributed by atoms with Crippen molar-refractivity contribution in [3.05, 3.63) is 352 Å². The molecule has 0 aliphatic rings. The van der Waals surface area contributed by atoms with E-state index in [0.29, 0.717) is 0 Å². The Labute approximate surface area is 561 Å². The first-order valence-electron chi connectivity index (χ1n) is 30.0. The quantitative estimate of drug-likeness (QED) is 0.0983. The van der Waals surface area contributed by atoms with Crippen molar-refractivity contribution in [1.29, 1.82) is 0 Å². The molecule has 0 aliphatic carbocycles. The molecule has 0 saturated heterocycles. The molecule has 0 fully saturated rings. The summed E-state index contributed by atoms with van der Waals surface area (Å²) in [6, 6.07) is 99.1. The third-order valence-corrected chi connectivity index (χ3v) is 27.5. The van der Waals surface area contributed by atoms with Gasteiger partial charge in [0, 0.05) is 76.6 Å². The van der Waals surface area contributed by atoms with Crippen LogP contribution in [0.2, 0.25) is 0 Å². The molecule has 444 valence electrons. The molecule has 0 aliphatic heterocycles. The average Bonchev–Trinajstić information content (AvgIpc) is 1.56. The summed E-state index contributed by atoms with van der Waals surface area (Å²) in [6.07, 6.45) is 0. The van der Waals surface area contributed by atoms with Crippen LogP contribution in [0, 0.1) is 0 Å². The number of hydrogen-bond acceptors (Lipinski definition) is 12. The van der Waals surface area contributed by atoms with Gasteiger partial charge in [-0.05, 0) is 162 Å². The zero-order chi connectivity index (χ0) is 61.8. The Kier molecular flexibility index (Phi) is 14.3. The van der Waals surface area contributed by atoms with E-state index in [1.54, 1.807) is 90.7 Å². The van der Waals surface area contributed by atoms with Crippen LogP contribution >= 0.6 is 90.7 Å². The van der Waals surface area contributed by atoms with E-state index >= 15 is 0 Å². The van der Waals surface area contributed by atoms with Crippen LogP contribution in [0.5, 0.6) is 0 Å². The van der Waals surface area contributed by atoms with Gasteiger partial charge in [-0.15, -0.1) is 90.7 Å². The zero-order valence-corrected chi connectivity index (χ0v) is 55.3. The lowest BCUT2D eigenvalue weighted by Crippen LogP contribution is -2.29. The minimum absolute atomic E-state index is 0.768. The number of thiophene rings is 8. The Morgan fingerprint density at radius 1 is 0.163 bits per heavy atom. The molecule has 10 aromatic carbocycles. The van der Waals surface area contributed by atoms with Crippen LogP contribution < -0.4 is 0 Å². The summed E-state index contributed by atoms with van der Waals surface area (Å²) in [6.45, 7) is 0. The molecule has 0 spiro atoms. The molecule has 0 bridgehead atoms. The molecule has 12 heteroatoms. The Bertz CT molecular complexity index is 4500. The van der Waals surface area contributed by atoms with Gasteiger partial charge in [0.05, 0.1) is 0 Å². The van der Waals surface area contributed by atoms with Crippen LogP contribution in [0.25, 0.3) is 80.7 Å². The fourth-order valence-corrected chi connectivity index (χ4v) is 22.6. The van der Waals surface area contributed by atoms with Crippen molar-refractivity contribution in [2.75, 3.05) is 0 Å². The highest BCUT2D eigenvalue weighted by Crippen LogP contribution is 2.52. The van der Waals surface area contributed by atoms with Crippen molar-refractivity contribution >= 4 is 171 Å². The highest BCUT2D eigenvalue weighted by molar-refractivity contribution is 7.23. The van der Waals surface area contributed by atoms with Crippen molar-refractivity contribution < 1.29 is 20.4 Å². The van der Waals surface area contributed by atoms with Gasteiger partial charge in [0.1, 0.15) is 0 Å². The SMILES string of the molecule is OC(c1ccc(C(O)(c2cc3ccccc3s2)c2cc3ccccc3s2)cc1)(c1cc2ccccc2s1)c1cc2ccccc2s1.OC(c1ccc(C(O)(c2cc3ccccc3s2)c2cc3ccccc3s2)cc1)(c1cc2ccccc2s1)c1cc2ccccc2s1. The maximum atomic E-state index is 12.9. The van der Waals surface area contributed by atoms with Gasteiger partial charge in [-0.1, -0.05) is 194 Å². The molecule has 92 heavy (non-hydrogen) atoms. The van der Waals surface area contributed by atoms with E-state index in [4.69, 9.17) is 0 Å². The van der Waals surface area contributed by atoms with Crippen LogP contribution in [0.15, 0.2) is 291 Å². The molecular formula is C80H52O4S8. The molecule has 8 aromatic heterocycles. The summed E-state index contributed by atoms with van der Waals surface area (Å²) in [7, 11) is 0. The molecular weight excluding hydrogens is 1280 g/mol. The summed E-state index contributed by atoms with van der Waals surface area (Å²) < 4.78 is 9.09. The van der Waals surface area contributed by atoms with Crippen molar-refractivity contribution in [2.45, 2.75) is 22.4 Å². The van der Waals surface area contributed by atoms with Crippen molar-refractivity contribution in [1.82, 2.24) is 0 Å². The second-order valence-electron chi connectivity index (χ2n) is 23.2. The van der Waals surface area contributed by atoms with Crippen LogP contribution in [0.3, 0.4) is 0 Å². The van der Waals surface area contributed by atoms with E-state index in [1.807, 2.05) is 146 Å². The minimum atomic E-state index is -1.36. The van der Waals surface area contributed by atoms with Gasteiger partial charge < -0.3 is 20.4 Å². The Balaban J connectivity index is 0.000000141. The van der Waals surface area contributed by atoms with E-state index in [2.05, 4.69) is 146 Å². The van der Waals surface area contributed by atoms with Gasteiger partial charge in [-0.25, -0.2) is 0 Å². The molecule has 0 saturated carbocycles. The van der Waals surface area contributed by atoms with Gasteiger partial charge in [0.15, 0.2) is 22.4 Å². The van der Waals surface area contributed by atoms with Gasteiger partial charge >= 0.3 is 0 Å². The fourth-order valence-electron chi connectivity index (χ4n) is 12.8. The molecule has 8 heterocycles. The van der Waals surface area contributed by atoms with Gasteiger partial charge in [-0.2, -0.15) is 0 Å². The largest absolute Gasteiger partial charge is 0.374 e. The predicted octanol–water partition coefficient (Wildman–Crippen LogP) is 22.2. The van der Waals surface area contributed by atoms with Gasteiger partial charge in [0.25, 0.3) is 0 Å². The maximum Gasteiger partial charge on any atom is 0.158 e. The predicted molar refractivity (Wildman–Crippen MR) is 396 cm³/mol. The second-order valence-corrected chi connectivity index (χ2v) is 31.9. The molecule has 4 N–H and O–H groups in total. The highest BCUT2D eigenvalue weighted by atomic mass is 32.1. The number of fused-ring (bicyclic) bond motifs is 8. The molecule has 0 amide bonds. The first kappa shape index (κ1) is 57.6. The minimum Gasteiger partial charge on any atom is -0.374 e. The lowest BCUT2D eigenvalue weighted by molar-refractivity contribution is 0.130. The first-order valence-corrected chi connectivity index (χ1v) is 36.6.